The van der Waals surface area contributed by atoms with E-state index < -0.39 is 0 Å². The van der Waals surface area contributed by atoms with E-state index in [0.29, 0.717) is 28.3 Å². The van der Waals surface area contributed by atoms with Gasteiger partial charge in [-0.15, -0.1) is 0 Å². The number of para-hydroxylation sites is 1. The number of nitrogens with one attached hydrogen (secondary N) is 1. The van der Waals surface area contributed by atoms with Gasteiger partial charge < -0.3 is 15.0 Å². The molecule has 1 amide bonds. The van der Waals surface area contributed by atoms with E-state index in [1.54, 1.807) is 25.3 Å². The van der Waals surface area contributed by atoms with Crippen molar-refractivity contribution in [3.8, 4) is 5.75 Å². The molecule has 6 heteroatoms. The first kappa shape index (κ1) is 18.2. The van der Waals surface area contributed by atoms with Crippen molar-refractivity contribution in [2.24, 2.45) is 0 Å². The number of methoxy groups -OCH3 is 1. The molecule has 2 heterocycles. The molecule has 1 fully saturated rings. The van der Waals surface area contributed by atoms with Gasteiger partial charge in [0.15, 0.2) is 0 Å². The second-order valence-corrected chi connectivity index (χ2v) is 6.90. The van der Waals surface area contributed by atoms with Crippen molar-refractivity contribution in [1.29, 1.82) is 0 Å². The van der Waals surface area contributed by atoms with Gasteiger partial charge in [-0.1, -0.05) is 18.2 Å². The van der Waals surface area contributed by atoms with Gasteiger partial charge in [0.05, 0.1) is 12.8 Å². The van der Waals surface area contributed by atoms with Gasteiger partial charge in [0.25, 0.3) is 5.91 Å². The van der Waals surface area contributed by atoms with Crippen LogP contribution in [-0.2, 0) is 0 Å². The van der Waals surface area contributed by atoms with Crippen LogP contribution in [0.15, 0.2) is 48.5 Å². The van der Waals surface area contributed by atoms with Crippen LogP contribution in [0.1, 0.15) is 29.8 Å². The molecular formula is C22H22FN3O2. The molecule has 144 valence electrons. The Morgan fingerprint density at radius 2 is 1.89 bits per heavy atom. The molecule has 0 atom stereocenters. The third kappa shape index (κ3) is 3.63. The Morgan fingerprint density at radius 3 is 2.64 bits per heavy atom. The first-order valence-corrected chi connectivity index (χ1v) is 9.45. The van der Waals surface area contributed by atoms with E-state index in [-0.39, 0.29) is 11.7 Å². The summed E-state index contributed by atoms with van der Waals surface area (Å²) in [5.74, 6) is 0.174. The minimum absolute atomic E-state index is 0.0881. The fraction of sp³-hybridized carbons (Fsp3) is 0.273. The number of aromatic nitrogens is 1. The first-order chi connectivity index (χ1) is 13.7. The van der Waals surface area contributed by atoms with Crippen LogP contribution in [0.2, 0.25) is 0 Å². The molecular weight excluding hydrogens is 357 g/mol. The van der Waals surface area contributed by atoms with Crippen LogP contribution in [0.5, 0.6) is 5.75 Å². The number of benzene rings is 2. The molecule has 2 aromatic carbocycles. The van der Waals surface area contributed by atoms with Crippen molar-refractivity contribution in [1.82, 2.24) is 9.88 Å². The molecule has 0 radical (unpaired) electrons. The Morgan fingerprint density at radius 1 is 1.11 bits per heavy atom. The number of halogens is 1. The van der Waals surface area contributed by atoms with Crippen molar-refractivity contribution < 1.29 is 13.9 Å². The van der Waals surface area contributed by atoms with Gasteiger partial charge >= 0.3 is 0 Å². The molecule has 1 aromatic heterocycles. The number of carbonyl (C=O) groups is 1. The SMILES string of the molecule is COc1cccc2c(Nc3cccc(F)c3)cc(C(=O)N3CCCCC3)nc12. The third-order valence-electron chi connectivity index (χ3n) is 4.99. The van der Waals surface area contributed by atoms with Gasteiger partial charge in [-0.2, -0.15) is 0 Å². The standard InChI is InChI=1S/C22H22FN3O2/c1-28-20-10-6-9-17-18(24-16-8-5-7-15(23)13-16)14-19(25-21(17)20)22(27)26-11-3-2-4-12-26/h5-10,13-14H,2-4,11-12H2,1H3,(H,24,25). The molecule has 5 nitrogen and oxygen atoms in total. The van der Waals surface area contributed by atoms with Crippen LogP contribution in [-0.4, -0.2) is 36.0 Å². The van der Waals surface area contributed by atoms with Gasteiger partial charge in [0, 0.05) is 24.2 Å². The number of anilines is 2. The predicted molar refractivity (Wildman–Crippen MR) is 108 cm³/mol. The maximum absolute atomic E-state index is 13.6. The molecule has 0 aliphatic carbocycles. The second-order valence-electron chi connectivity index (χ2n) is 6.90. The molecule has 28 heavy (non-hydrogen) atoms. The number of ether oxygens (including phenoxy) is 1. The second kappa shape index (κ2) is 7.84. The first-order valence-electron chi connectivity index (χ1n) is 9.45. The average molecular weight is 379 g/mol. The number of carbonyl (C=O) groups excluding carboxylic acids is 1. The number of pyridine rings is 1. The number of hydrogen-bond donors (Lipinski definition) is 1. The highest BCUT2D eigenvalue weighted by Gasteiger charge is 2.21. The monoisotopic (exact) mass is 379 g/mol. The lowest BCUT2D eigenvalue weighted by Gasteiger charge is -2.26. The van der Waals surface area contributed by atoms with Crippen LogP contribution in [0.3, 0.4) is 0 Å². The molecule has 4 rings (SSSR count). The fourth-order valence-electron chi connectivity index (χ4n) is 3.58. The van der Waals surface area contributed by atoms with Crippen LogP contribution >= 0.6 is 0 Å². The Balaban J connectivity index is 1.81. The molecule has 0 spiro atoms. The Labute approximate surface area is 163 Å². The molecule has 1 saturated heterocycles. The zero-order chi connectivity index (χ0) is 19.5. The normalized spacial score (nSPS) is 14.1. The number of piperidine rings is 1. The summed E-state index contributed by atoms with van der Waals surface area (Å²) in [7, 11) is 1.58. The van der Waals surface area contributed by atoms with E-state index >= 15 is 0 Å². The number of nitrogens with zero attached hydrogens (tertiary/aromatic N) is 2. The lowest BCUT2D eigenvalue weighted by atomic mass is 10.1. The van der Waals surface area contributed by atoms with Crippen LogP contribution in [0.4, 0.5) is 15.8 Å². The summed E-state index contributed by atoms with van der Waals surface area (Å²) < 4.78 is 19.1. The van der Waals surface area contributed by atoms with E-state index in [1.807, 2.05) is 23.1 Å². The molecule has 3 aromatic rings. The summed E-state index contributed by atoms with van der Waals surface area (Å²) in [6.45, 7) is 1.49. The fourth-order valence-corrected chi connectivity index (χ4v) is 3.58. The van der Waals surface area contributed by atoms with Crippen molar-refractivity contribution in [2.75, 3.05) is 25.5 Å². The van der Waals surface area contributed by atoms with Gasteiger partial charge in [-0.3, -0.25) is 4.79 Å². The van der Waals surface area contributed by atoms with E-state index in [2.05, 4.69) is 10.3 Å². The molecule has 0 unspecified atom stereocenters. The third-order valence-corrected chi connectivity index (χ3v) is 4.99. The lowest BCUT2D eigenvalue weighted by molar-refractivity contribution is 0.0719. The van der Waals surface area contributed by atoms with Crippen LogP contribution in [0, 0.1) is 5.82 Å². The summed E-state index contributed by atoms with van der Waals surface area (Å²) in [6, 6.07) is 13.6. The van der Waals surface area contributed by atoms with Gasteiger partial charge in [0.1, 0.15) is 22.8 Å². The molecule has 0 saturated carbocycles. The van der Waals surface area contributed by atoms with Gasteiger partial charge in [0.2, 0.25) is 0 Å². The summed E-state index contributed by atoms with van der Waals surface area (Å²) in [4.78, 5) is 19.5. The number of likely N-dealkylation sites (tertiary alicyclic amines) is 1. The molecule has 1 N–H and O–H groups in total. The average Bonchev–Trinajstić information content (AvgIpc) is 2.73. The van der Waals surface area contributed by atoms with Crippen LogP contribution in [0.25, 0.3) is 10.9 Å². The topological polar surface area (TPSA) is 54.5 Å². The van der Waals surface area contributed by atoms with E-state index in [1.165, 1.54) is 12.1 Å². The van der Waals surface area contributed by atoms with Crippen LogP contribution < -0.4 is 10.1 Å². The number of amides is 1. The Kier molecular flexibility index (Phi) is 5.10. The summed E-state index contributed by atoms with van der Waals surface area (Å²) in [5, 5.41) is 4.04. The van der Waals surface area contributed by atoms with Crippen molar-refractivity contribution >= 4 is 28.2 Å². The largest absolute Gasteiger partial charge is 0.494 e. The Hall–Kier alpha value is -3.15. The summed E-state index contributed by atoms with van der Waals surface area (Å²) in [5.41, 5.74) is 2.26. The molecule has 0 bridgehead atoms. The highest BCUT2D eigenvalue weighted by molar-refractivity contribution is 6.02. The number of hydrogen-bond acceptors (Lipinski definition) is 4. The number of fused-ring (bicyclic) bond motifs is 1. The zero-order valence-electron chi connectivity index (χ0n) is 15.7. The minimum atomic E-state index is -0.328. The lowest BCUT2D eigenvalue weighted by Crippen LogP contribution is -2.36. The van der Waals surface area contributed by atoms with E-state index in [9.17, 15) is 9.18 Å². The highest BCUT2D eigenvalue weighted by atomic mass is 19.1. The van der Waals surface area contributed by atoms with Crippen molar-refractivity contribution in [3.05, 3.63) is 60.0 Å². The smallest absolute Gasteiger partial charge is 0.272 e. The van der Waals surface area contributed by atoms with E-state index in [4.69, 9.17) is 4.74 Å². The number of rotatable bonds is 4. The van der Waals surface area contributed by atoms with Crippen molar-refractivity contribution in [3.63, 3.8) is 0 Å². The quantitative estimate of drug-likeness (QED) is 0.711. The maximum Gasteiger partial charge on any atom is 0.272 e. The van der Waals surface area contributed by atoms with Gasteiger partial charge in [-0.25, -0.2) is 9.37 Å². The predicted octanol–water partition coefficient (Wildman–Crippen LogP) is 4.75. The highest BCUT2D eigenvalue weighted by Crippen LogP contribution is 2.32. The summed E-state index contributed by atoms with van der Waals surface area (Å²) >= 11 is 0. The Bertz CT molecular complexity index is 1020. The maximum atomic E-state index is 13.6. The summed E-state index contributed by atoms with van der Waals surface area (Å²) in [6.07, 6.45) is 3.17. The van der Waals surface area contributed by atoms with Crippen molar-refractivity contribution in [2.45, 2.75) is 19.3 Å². The van der Waals surface area contributed by atoms with E-state index in [0.717, 1.165) is 37.7 Å². The van der Waals surface area contributed by atoms with Gasteiger partial charge in [-0.05, 0) is 49.6 Å². The zero-order valence-corrected chi connectivity index (χ0v) is 15.7. The minimum Gasteiger partial charge on any atom is -0.494 e. The molecule has 1 aliphatic heterocycles. The molecule has 1 aliphatic rings.